The zero-order valence-corrected chi connectivity index (χ0v) is 19.3. The summed E-state index contributed by atoms with van der Waals surface area (Å²) in [5.74, 6) is -1.23. The molecule has 0 amide bonds. The molecule has 3 rings (SSSR count). The number of methoxy groups -OCH3 is 2. The van der Waals surface area contributed by atoms with Gasteiger partial charge in [-0.3, -0.25) is 0 Å². The maximum atomic E-state index is 12.8. The Labute approximate surface area is 188 Å². The third-order valence-electron chi connectivity index (χ3n) is 4.99. The van der Waals surface area contributed by atoms with Gasteiger partial charge in [0.1, 0.15) is 0 Å². The highest BCUT2D eigenvalue weighted by Crippen LogP contribution is 2.31. The highest BCUT2D eigenvalue weighted by Gasteiger charge is 2.35. The minimum Gasteiger partial charge on any atom is -0.483 e. The van der Waals surface area contributed by atoms with Gasteiger partial charge in [-0.25, -0.2) is 0 Å². The molecule has 0 aromatic heterocycles. The lowest BCUT2D eigenvalue weighted by Crippen LogP contribution is -2.34. The van der Waals surface area contributed by atoms with Crippen molar-refractivity contribution >= 4 is 31.8 Å². The minimum atomic E-state index is -4.01. The Balaban J connectivity index is 2.01. The lowest BCUT2D eigenvalue weighted by molar-refractivity contribution is 0.306. The normalized spacial score (nSPS) is 20.1. The van der Waals surface area contributed by atoms with Crippen LogP contribution < -0.4 is 0 Å². The second-order valence-electron chi connectivity index (χ2n) is 7.00. The van der Waals surface area contributed by atoms with E-state index in [1.165, 1.54) is 38.5 Å². The van der Waals surface area contributed by atoms with Gasteiger partial charge < -0.3 is 9.47 Å². The molecular weight excluding hydrogens is 452 g/mol. The van der Waals surface area contributed by atoms with Crippen LogP contribution >= 0.6 is 0 Å². The van der Waals surface area contributed by atoms with Gasteiger partial charge in [0, 0.05) is 0 Å². The van der Waals surface area contributed by atoms with Gasteiger partial charge in [-0.05, 0) is 37.1 Å². The van der Waals surface area contributed by atoms with E-state index in [1.54, 1.807) is 36.4 Å². The summed E-state index contributed by atoms with van der Waals surface area (Å²) in [5, 5.41) is 0. The monoisotopic (exact) mass is 476 g/mol. The van der Waals surface area contributed by atoms with E-state index in [4.69, 9.17) is 9.47 Å². The molecule has 170 valence electrons. The number of hydrogen-bond acceptors (Lipinski definition) is 6. The van der Waals surface area contributed by atoms with Gasteiger partial charge in [0.05, 0.1) is 35.8 Å². The highest BCUT2D eigenvalue weighted by molar-refractivity contribution is 7.90. The van der Waals surface area contributed by atoms with Crippen LogP contribution in [0.2, 0.25) is 0 Å². The molecule has 0 spiro atoms. The molecule has 0 aliphatic heterocycles. The number of hydrogen-bond donors (Lipinski definition) is 0. The summed E-state index contributed by atoms with van der Waals surface area (Å²) in [6.07, 6.45) is 4.50. The summed E-state index contributed by atoms with van der Waals surface area (Å²) in [5.41, 5.74) is 0. The third-order valence-corrected chi connectivity index (χ3v) is 7.56. The summed E-state index contributed by atoms with van der Waals surface area (Å²) < 4.78 is 69.6. The number of rotatable bonds is 6. The quantitative estimate of drug-likeness (QED) is 0.359. The summed E-state index contributed by atoms with van der Waals surface area (Å²) in [6.45, 7) is 0. The lowest BCUT2D eigenvalue weighted by Gasteiger charge is -2.28. The van der Waals surface area contributed by atoms with Crippen LogP contribution in [0.3, 0.4) is 0 Å². The van der Waals surface area contributed by atoms with Crippen molar-refractivity contribution in [2.75, 3.05) is 14.2 Å². The largest absolute Gasteiger partial charge is 0.483 e. The van der Waals surface area contributed by atoms with Crippen molar-refractivity contribution in [1.82, 2.24) is 0 Å². The SMILES string of the molecule is COC(=NS(=O)(=O)c1ccccc1)C1CC=CCC1C(=NS(=O)(=O)c1ccccc1)OC. The zero-order chi connectivity index (χ0) is 23.2. The fourth-order valence-corrected chi connectivity index (χ4v) is 5.51. The molecule has 1 aliphatic carbocycles. The first kappa shape index (κ1) is 23.7. The van der Waals surface area contributed by atoms with Crippen molar-refractivity contribution in [2.45, 2.75) is 22.6 Å². The van der Waals surface area contributed by atoms with E-state index in [0.29, 0.717) is 12.8 Å². The van der Waals surface area contributed by atoms with E-state index >= 15 is 0 Å². The van der Waals surface area contributed by atoms with Crippen LogP contribution in [0.1, 0.15) is 12.8 Å². The van der Waals surface area contributed by atoms with Crippen molar-refractivity contribution in [3.63, 3.8) is 0 Å². The fourth-order valence-electron chi connectivity index (χ4n) is 3.40. The molecule has 8 nitrogen and oxygen atoms in total. The Hall–Kier alpha value is -2.98. The topological polar surface area (TPSA) is 111 Å². The average molecular weight is 477 g/mol. The first-order valence-corrected chi connectivity index (χ1v) is 12.7. The lowest BCUT2D eigenvalue weighted by atomic mass is 9.82. The Morgan fingerprint density at radius 3 is 1.34 bits per heavy atom. The third kappa shape index (κ3) is 5.43. The van der Waals surface area contributed by atoms with Gasteiger partial charge in [-0.2, -0.15) is 16.8 Å². The molecule has 32 heavy (non-hydrogen) atoms. The molecule has 2 aromatic rings. The number of benzene rings is 2. The predicted molar refractivity (Wildman–Crippen MR) is 121 cm³/mol. The fraction of sp³-hybridized carbons (Fsp3) is 0.273. The van der Waals surface area contributed by atoms with Gasteiger partial charge in [0.25, 0.3) is 20.0 Å². The molecule has 0 heterocycles. The van der Waals surface area contributed by atoms with Gasteiger partial charge in [-0.15, -0.1) is 8.80 Å². The van der Waals surface area contributed by atoms with Crippen molar-refractivity contribution in [2.24, 2.45) is 20.6 Å². The first-order chi connectivity index (χ1) is 15.3. The minimum absolute atomic E-state index is 0.0322. The first-order valence-electron chi connectivity index (χ1n) is 9.81. The second-order valence-corrected chi connectivity index (χ2v) is 10.2. The van der Waals surface area contributed by atoms with Crippen molar-refractivity contribution < 1.29 is 26.3 Å². The van der Waals surface area contributed by atoms with Gasteiger partial charge >= 0.3 is 0 Å². The van der Waals surface area contributed by atoms with Gasteiger partial charge in [-0.1, -0.05) is 48.6 Å². The molecule has 2 aromatic carbocycles. The molecule has 0 saturated heterocycles. The van der Waals surface area contributed by atoms with Gasteiger partial charge in [0.2, 0.25) is 11.8 Å². The predicted octanol–water partition coefficient (Wildman–Crippen LogP) is 3.44. The van der Waals surface area contributed by atoms with Crippen LogP contribution in [0.4, 0.5) is 0 Å². The maximum Gasteiger partial charge on any atom is 0.285 e. The molecule has 0 radical (unpaired) electrons. The standard InChI is InChI=1S/C22H24N2O6S2/c1-29-21(23-31(25,26)17-11-5-3-6-12-17)19-15-9-10-16-20(19)22(30-2)24-32(27,28)18-13-7-4-8-14-18/h3-14,19-20H,15-16H2,1-2H3. The summed E-state index contributed by atoms with van der Waals surface area (Å²) in [7, 11) is -5.37. The van der Waals surface area contributed by atoms with Crippen LogP contribution in [0.15, 0.2) is 91.4 Å². The Kier molecular flexibility index (Phi) is 7.47. The molecule has 0 bridgehead atoms. The van der Waals surface area contributed by atoms with Crippen LogP contribution in [-0.2, 0) is 29.5 Å². The van der Waals surface area contributed by atoms with Crippen LogP contribution in [0, 0.1) is 11.8 Å². The molecular formula is C22H24N2O6S2. The van der Waals surface area contributed by atoms with E-state index in [-0.39, 0.29) is 21.6 Å². The van der Waals surface area contributed by atoms with E-state index in [0.717, 1.165) is 0 Å². The zero-order valence-electron chi connectivity index (χ0n) is 17.7. The molecule has 2 unspecified atom stereocenters. The summed E-state index contributed by atoms with van der Waals surface area (Å²) >= 11 is 0. The van der Waals surface area contributed by atoms with Crippen LogP contribution in [0.5, 0.6) is 0 Å². The Morgan fingerprint density at radius 1 is 0.688 bits per heavy atom. The number of allylic oxidation sites excluding steroid dienone is 2. The number of sulfonamides is 2. The van der Waals surface area contributed by atoms with Crippen molar-refractivity contribution in [3.8, 4) is 0 Å². The molecule has 1 aliphatic rings. The van der Waals surface area contributed by atoms with Gasteiger partial charge in [0.15, 0.2) is 0 Å². The Bertz CT molecular complexity index is 1120. The molecule has 0 saturated carbocycles. The summed E-state index contributed by atoms with van der Waals surface area (Å²) in [4.78, 5) is 0.0643. The Morgan fingerprint density at radius 2 is 1.03 bits per heavy atom. The van der Waals surface area contributed by atoms with E-state index < -0.39 is 31.9 Å². The van der Waals surface area contributed by atoms with Crippen molar-refractivity contribution in [3.05, 3.63) is 72.8 Å². The summed E-state index contributed by atoms with van der Waals surface area (Å²) in [6, 6.07) is 15.6. The van der Waals surface area contributed by atoms with E-state index in [1.807, 2.05) is 12.2 Å². The second kappa shape index (κ2) is 10.1. The smallest absolute Gasteiger partial charge is 0.285 e. The van der Waals surface area contributed by atoms with Crippen molar-refractivity contribution in [1.29, 1.82) is 0 Å². The maximum absolute atomic E-state index is 12.8. The van der Waals surface area contributed by atoms with E-state index in [9.17, 15) is 16.8 Å². The van der Waals surface area contributed by atoms with Crippen LogP contribution in [0.25, 0.3) is 0 Å². The molecule has 0 N–H and O–H groups in total. The number of ether oxygens (including phenoxy) is 2. The van der Waals surface area contributed by atoms with Crippen LogP contribution in [-0.4, -0.2) is 42.9 Å². The molecule has 0 fully saturated rings. The average Bonchev–Trinajstić information content (AvgIpc) is 2.82. The molecule has 2 atom stereocenters. The highest BCUT2D eigenvalue weighted by atomic mass is 32.2. The number of nitrogens with zero attached hydrogens (tertiary/aromatic N) is 2. The van der Waals surface area contributed by atoms with E-state index in [2.05, 4.69) is 8.80 Å². The molecule has 10 heteroatoms.